The first-order chi connectivity index (χ1) is 13.8. The van der Waals surface area contributed by atoms with Gasteiger partial charge in [0.1, 0.15) is 5.65 Å². The van der Waals surface area contributed by atoms with Crippen molar-refractivity contribution in [3.05, 3.63) is 54.4 Å². The van der Waals surface area contributed by atoms with Crippen molar-refractivity contribution in [3.63, 3.8) is 0 Å². The van der Waals surface area contributed by atoms with Crippen molar-refractivity contribution in [2.75, 3.05) is 24.7 Å². The van der Waals surface area contributed by atoms with E-state index in [1.165, 1.54) is 10.6 Å². The number of piperidine rings is 1. The first-order valence-electron chi connectivity index (χ1n) is 9.62. The van der Waals surface area contributed by atoms with Crippen LogP contribution < -0.4 is 5.32 Å². The van der Waals surface area contributed by atoms with Gasteiger partial charge in [0.2, 0.25) is 15.9 Å². The molecule has 0 radical (unpaired) electrons. The standard InChI is InChI=1S/C21H24N4O3S/c1-15-4-3-11-24-14-19(23-20(15)24)16-5-7-18(8-6-16)22-21(26)17-9-12-25(13-10-17)29(2,27)28/h3-8,11,14,17H,9-10,12-13H2,1-2H3,(H,22,26). The fraction of sp³-hybridized carbons (Fsp3) is 0.333. The molecule has 0 saturated carbocycles. The smallest absolute Gasteiger partial charge is 0.227 e. The molecule has 3 heterocycles. The number of pyridine rings is 1. The molecule has 7 nitrogen and oxygen atoms in total. The van der Waals surface area contributed by atoms with Crippen LogP contribution >= 0.6 is 0 Å². The highest BCUT2D eigenvalue weighted by atomic mass is 32.2. The van der Waals surface area contributed by atoms with Gasteiger partial charge in [0.15, 0.2) is 0 Å². The lowest BCUT2D eigenvalue weighted by atomic mass is 9.97. The second-order valence-electron chi connectivity index (χ2n) is 7.55. The van der Waals surface area contributed by atoms with Gasteiger partial charge in [-0.05, 0) is 43.5 Å². The number of rotatable bonds is 4. The highest BCUT2D eigenvalue weighted by molar-refractivity contribution is 7.88. The van der Waals surface area contributed by atoms with E-state index in [4.69, 9.17) is 4.98 Å². The largest absolute Gasteiger partial charge is 0.326 e. The lowest BCUT2D eigenvalue weighted by Crippen LogP contribution is -2.40. The van der Waals surface area contributed by atoms with Crippen molar-refractivity contribution in [1.29, 1.82) is 0 Å². The van der Waals surface area contributed by atoms with Gasteiger partial charge in [-0.3, -0.25) is 4.79 Å². The van der Waals surface area contributed by atoms with E-state index < -0.39 is 10.0 Å². The average Bonchev–Trinajstić information content (AvgIpc) is 3.14. The summed E-state index contributed by atoms with van der Waals surface area (Å²) >= 11 is 0. The Bertz CT molecular complexity index is 1140. The summed E-state index contributed by atoms with van der Waals surface area (Å²) in [6.07, 6.45) is 6.25. The number of carbonyl (C=O) groups excluding carboxylic acids is 1. The van der Waals surface area contributed by atoms with Crippen LogP contribution in [-0.2, 0) is 14.8 Å². The van der Waals surface area contributed by atoms with Gasteiger partial charge in [0.25, 0.3) is 0 Å². The molecular formula is C21H24N4O3S. The SMILES string of the molecule is Cc1cccn2cc(-c3ccc(NC(=O)C4CCN(S(C)(=O)=O)CC4)cc3)nc12. The van der Waals surface area contributed by atoms with E-state index in [1.807, 2.05) is 60.1 Å². The molecular weight excluding hydrogens is 388 g/mol. The number of hydrogen-bond acceptors (Lipinski definition) is 4. The molecule has 1 saturated heterocycles. The van der Waals surface area contributed by atoms with Gasteiger partial charge in [-0.25, -0.2) is 17.7 Å². The molecule has 1 aliphatic heterocycles. The van der Waals surface area contributed by atoms with Gasteiger partial charge in [0, 0.05) is 42.7 Å². The van der Waals surface area contributed by atoms with Gasteiger partial charge in [-0.1, -0.05) is 18.2 Å². The second-order valence-corrected chi connectivity index (χ2v) is 9.53. The zero-order chi connectivity index (χ0) is 20.6. The Hall–Kier alpha value is -2.71. The number of hydrogen-bond donors (Lipinski definition) is 1. The lowest BCUT2D eigenvalue weighted by Gasteiger charge is -2.29. The van der Waals surface area contributed by atoms with E-state index in [9.17, 15) is 13.2 Å². The normalized spacial score (nSPS) is 16.2. The monoisotopic (exact) mass is 412 g/mol. The molecule has 0 aliphatic carbocycles. The van der Waals surface area contributed by atoms with Crippen LogP contribution in [0.5, 0.6) is 0 Å². The number of aromatic nitrogens is 2. The zero-order valence-corrected chi connectivity index (χ0v) is 17.3. The Morgan fingerprint density at radius 3 is 2.45 bits per heavy atom. The third-order valence-electron chi connectivity index (χ3n) is 5.42. The maximum atomic E-state index is 12.5. The van der Waals surface area contributed by atoms with E-state index in [0.717, 1.165) is 28.2 Å². The van der Waals surface area contributed by atoms with Crippen molar-refractivity contribution >= 4 is 27.3 Å². The van der Waals surface area contributed by atoms with Crippen molar-refractivity contribution in [2.45, 2.75) is 19.8 Å². The van der Waals surface area contributed by atoms with E-state index in [2.05, 4.69) is 5.32 Å². The number of benzene rings is 1. The van der Waals surface area contributed by atoms with Gasteiger partial charge < -0.3 is 9.72 Å². The Labute approximate surface area is 170 Å². The molecule has 4 rings (SSSR count). The quantitative estimate of drug-likeness (QED) is 0.714. The fourth-order valence-electron chi connectivity index (χ4n) is 3.71. The molecule has 0 bridgehead atoms. The number of anilines is 1. The maximum absolute atomic E-state index is 12.5. The first-order valence-corrected chi connectivity index (χ1v) is 11.5. The summed E-state index contributed by atoms with van der Waals surface area (Å²) in [4.78, 5) is 17.2. The molecule has 1 aromatic carbocycles. The highest BCUT2D eigenvalue weighted by Gasteiger charge is 2.28. The van der Waals surface area contributed by atoms with Crippen molar-refractivity contribution in [1.82, 2.24) is 13.7 Å². The number of sulfonamides is 1. The molecule has 1 amide bonds. The van der Waals surface area contributed by atoms with Crippen LogP contribution in [0, 0.1) is 12.8 Å². The van der Waals surface area contributed by atoms with Gasteiger partial charge >= 0.3 is 0 Å². The van der Waals surface area contributed by atoms with Crippen LogP contribution in [0.4, 0.5) is 5.69 Å². The number of carbonyl (C=O) groups is 1. The summed E-state index contributed by atoms with van der Waals surface area (Å²) in [5.74, 6) is -0.233. The second kappa shape index (κ2) is 7.61. The fourth-order valence-corrected chi connectivity index (χ4v) is 4.59. The van der Waals surface area contributed by atoms with Crippen LogP contribution in [0.15, 0.2) is 48.8 Å². The molecule has 1 aliphatic rings. The summed E-state index contributed by atoms with van der Waals surface area (Å²) in [7, 11) is -3.18. The zero-order valence-electron chi connectivity index (χ0n) is 16.5. The third kappa shape index (κ3) is 4.18. The number of nitrogens with one attached hydrogen (secondary N) is 1. The number of nitrogens with zero attached hydrogens (tertiary/aromatic N) is 3. The molecule has 152 valence electrons. The Balaban J connectivity index is 1.42. The van der Waals surface area contributed by atoms with Gasteiger partial charge in [0.05, 0.1) is 11.9 Å². The molecule has 1 N–H and O–H groups in total. The minimum atomic E-state index is -3.18. The maximum Gasteiger partial charge on any atom is 0.227 e. The van der Waals surface area contributed by atoms with E-state index >= 15 is 0 Å². The van der Waals surface area contributed by atoms with Crippen molar-refractivity contribution in [3.8, 4) is 11.3 Å². The Kier molecular flexibility index (Phi) is 5.14. The summed E-state index contributed by atoms with van der Waals surface area (Å²) in [5, 5.41) is 2.95. The summed E-state index contributed by atoms with van der Waals surface area (Å²) in [5.41, 5.74) is 4.63. The van der Waals surface area contributed by atoms with Crippen LogP contribution in [0.25, 0.3) is 16.9 Å². The summed E-state index contributed by atoms with van der Waals surface area (Å²) in [6.45, 7) is 2.82. The molecule has 1 fully saturated rings. The minimum absolute atomic E-state index is 0.0609. The molecule has 2 aromatic heterocycles. The molecule has 0 atom stereocenters. The van der Waals surface area contributed by atoms with Crippen molar-refractivity contribution in [2.24, 2.45) is 5.92 Å². The third-order valence-corrected chi connectivity index (χ3v) is 6.72. The van der Waals surface area contributed by atoms with Gasteiger partial charge in [-0.15, -0.1) is 0 Å². The van der Waals surface area contributed by atoms with Gasteiger partial charge in [-0.2, -0.15) is 0 Å². The van der Waals surface area contributed by atoms with Crippen LogP contribution in [0.3, 0.4) is 0 Å². The van der Waals surface area contributed by atoms with Crippen LogP contribution in [0.1, 0.15) is 18.4 Å². The first kappa shape index (κ1) is 19.6. The highest BCUT2D eigenvalue weighted by Crippen LogP contribution is 2.24. The van der Waals surface area contributed by atoms with E-state index in [0.29, 0.717) is 25.9 Å². The van der Waals surface area contributed by atoms with E-state index in [1.54, 1.807) is 0 Å². The Morgan fingerprint density at radius 1 is 1.14 bits per heavy atom. The Morgan fingerprint density at radius 2 is 1.83 bits per heavy atom. The molecule has 0 spiro atoms. The number of imidazole rings is 1. The summed E-state index contributed by atoms with van der Waals surface area (Å²) in [6, 6.07) is 11.7. The van der Waals surface area contributed by atoms with Crippen LogP contribution in [0.2, 0.25) is 0 Å². The van der Waals surface area contributed by atoms with E-state index in [-0.39, 0.29) is 11.8 Å². The molecule has 0 unspecified atom stereocenters. The topological polar surface area (TPSA) is 83.8 Å². The number of amides is 1. The molecule has 3 aromatic rings. The lowest BCUT2D eigenvalue weighted by molar-refractivity contribution is -0.120. The predicted octanol–water partition coefficient (Wildman–Crippen LogP) is 2.92. The number of fused-ring (bicyclic) bond motifs is 1. The van der Waals surface area contributed by atoms with Crippen LogP contribution in [-0.4, -0.2) is 47.4 Å². The van der Waals surface area contributed by atoms with Crippen molar-refractivity contribution < 1.29 is 13.2 Å². The predicted molar refractivity (Wildman–Crippen MR) is 113 cm³/mol. The number of aryl methyl sites for hydroxylation is 1. The molecule has 8 heteroatoms. The minimum Gasteiger partial charge on any atom is -0.326 e. The average molecular weight is 413 g/mol. The molecule has 29 heavy (non-hydrogen) atoms. The summed E-state index contributed by atoms with van der Waals surface area (Å²) < 4.78 is 26.6.